The zero-order valence-corrected chi connectivity index (χ0v) is 16.3. The molecule has 0 saturated carbocycles. The maximum atomic E-state index is 12.7. The van der Waals surface area contributed by atoms with E-state index in [0.29, 0.717) is 33.6 Å². The van der Waals surface area contributed by atoms with Crippen LogP contribution in [-0.2, 0) is 6.61 Å². The SMILES string of the molecule is COc1cc(C(=O)Nc2ccnc3ccnn23)ccc1OCc1ccccc1Cl. The van der Waals surface area contributed by atoms with E-state index in [-0.39, 0.29) is 12.5 Å². The average molecular weight is 409 g/mol. The van der Waals surface area contributed by atoms with Crippen LogP contribution < -0.4 is 14.8 Å². The van der Waals surface area contributed by atoms with Gasteiger partial charge in [-0.1, -0.05) is 29.8 Å². The lowest BCUT2D eigenvalue weighted by Gasteiger charge is -2.13. The van der Waals surface area contributed by atoms with Crippen molar-refractivity contribution in [1.82, 2.24) is 14.6 Å². The van der Waals surface area contributed by atoms with E-state index in [1.165, 1.54) is 7.11 Å². The summed E-state index contributed by atoms with van der Waals surface area (Å²) in [7, 11) is 1.52. The molecule has 2 aromatic heterocycles. The third kappa shape index (κ3) is 4.00. The summed E-state index contributed by atoms with van der Waals surface area (Å²) in [5.74, 6) is 1.18. The molecule has 0 atom stereocenters. The standard InChI is InChI=1S/C21H17ClN4O3/c1-28-18-12-14(6-7-17(18)29-13-15-4-2-3-5-16(15)22)21(27)25-20-8-10-23-19-9-11-24-26(19)20/h2-12H,13H2,1H3,(H,25,27). The molecule has 4 rings (SSSR count). The molecule has 0 radical (unpaired) electrons. The summed E-state index contributed by atoms with van der Waals surface area (Å²) in [6, 6.07) is 15.9. The highest BCUT2D eigenvalue weighted by atomic mass is 35.5. The summed E-state index contributed by atoms with van der Waals surface area (Å²) < 4.78 is 12.8. The Balaban J connectivity index is 1.52. The van der Waals surface area contributed by atoms with E-state index >= 15 is 0 Å². The molecule has 8 heteroatoms. The number of carbonyl (C=O) groups is 1. The number of hydrogen-bond donors (Lipinski definition) is 1. The van der Waals surface area contributed by atoms with Crippen molar-refractivity contribution in [3.8, 4) is 11.5 Å². The van der Waals surface area contributed by atoms with Crippen LogP contribution in [0, 0.1) is 0 Å². The van der Waals surface area contributed by atoms with Gasteiger partial charge in [0, 0.05) is 28.4 Å². The smallest absolute Gasteiger partial charge is 0.256 e. The Bertz CT molecular complexity index is 1180. The molecular weight excluding hydrogens is 392 g/mol. The summed E-state index contributed by atoms with van der Waals surface area (Å²) >= 11 is 6.17. The Morgan fingerprint density at radius 3 is 2.79 bits per heavy atom. The quantitative estimate of drug-likeness (QED) is 0.516. The Hall–Kier alpha value is -3.58. The second-order valence-corrected chi connectivity index (χ2v) is 6.54. The van der Waals surface area contributed by atoms with Crippen molar-refractivity contribution >= 4 is 29.0 Å². The van der Waals surface area contributed by atoms with Gasteiger partial charge >= 0.3 is 0 Å². The van der Waals surface area contributed by atoms with Crippen molar-refractivity contribution in [2.45, 2.75) is 6.61 Å². The first-order valence-corrected chi connectivity index (χ1v) is 9.18. The Kier molecular flexibility index (Phi) is 5.31. The first kappa shape index (κ1) is 18.8. The molecule has 0 unspecified atom stereocenters. The molecule has 0 spiro atoms. The summed E-state index contributed by atoms with van der Waals surface area (Å²) in [5, 5.41) is 7.62. The lowest BCUT2D eigenvalue weighted by atomic mass is 10.2. The summed E-state index contributed by atoms with van der Waals surface area (Å²) in [4.78, 5) is 16.9. The zero-order valence-electron chi connectivity index (χ0n) is 15.5. The molecule has 7 nitrogen and oxygen atoms in total. The van der Waals surface area contributed by atoms with E-state index < -0.39 is 0 Å². The van der Waals surface area contributed by atoms with Gasteiger partial charge < -0.3 is 14.8 Å². The zero-order chi connectivity index (χ0) is 20.2. The first-order valence-electron chi connectivity index (χ1n) is 8.80. The minimum absolute atomic E-state index is 0.288. The van der Waals surface area contributed by atoms with Gasteiger partial charge in [-0.2, -0.15) is 9.61 Å². The first-order chi connectivity index (χ1) is 14.2. The van der Waals surface area contributed by atoms with Gasteiger partial charge in [0.25, 0.3) is 5.91 Å². The normalized spacial score (nSPS) is 10.7. The van der Waals surface area contributed by atoms with Crippen molar-refractivity contribution in [3.05, 3.63) is 83.1 Å². The third-order valence-electron chi connectivity index (χ3n) is 4.30. The molecule has 0 bridgehead atoms. The summed E-state index contributed by atoms with van der Waals surface area (Å²) in [6.45, 7) is 0.288. The third-order valence-corrected chi connectivity index (χ3v) is 4.67. The van der Waals surface area contributed by atoms with E-state index in [0.717, 1.165) is 5.56 Å². The maximum absolute atomic E-state index is 12.7. The predicted octanol–water partition coefficient (Wildman–Crippen LogP) is 4.22. The number of amides is 1. The van der Waals surface area contributed by atoms with Crippen LogP contribution in [0.4, 0.5) is 5.82 Å². The number of benzene rings is 2. The summed E-state index contributed by atoms with van der Waals surface area (Å²) in [5.41, 5.74) is 1.92. The van der Waals surface area contributed by atoms with Gasteiger partial charge in [0.2, 0.25) is 0 Å². The Morgan fingerprint density at radius 2 is 1.97 bits per heavy atom. The van der Waals surface area contributed by atoms with Crippen molar-refractivity contribution in [2.24, 2.45) is 0 Å². The minimum Gasteiger partial charge on any atom is -0.493 e. The molecule has 0 saturated heterocycles. The second-order valence-electron chi connectivity index (χ2n) is 6.13. The van der Waals surface area contributed by atoms with Crippen LogP contribution in [0.2, 0.25) is 5.02 Å². The van der Waals surface area contributed by atoms with E-state index in [4.69, 9.17) is 21.1 Å². The number of rotatable bonds is 6. The molecular formula is C21H17ClN4O3. The Morgan fingerprint density at radius 1 is 1.10 bits per heavy atom. The summed E-state index contributed by atoms with van der Waals surface area (Å²) in [6.07, 6.45) is 3.23. The van der Waals surface area contributed by atoms with Crippen LogP contribution in [-0.4, -0.2) is 27.6 Å². The van der Waals surface area contributed by atoms with Gasteiger partial charge in [0.15, 0.2) is 17.1 Å². The maximum Gasteiger partial charge on any atom is 0.256 e. The molecule has 2 aromatic carbocycles. The van der Waals surface area contributed by atoms with Crippen LogP contribution in [0.3, 0.4) is 0 Å². The molecule has 146 valence electrons. The molecule has 0 aliphatic carbocycles. The number of nitrogens with one attached hydrogen (secondary N) is 1. The van der Waals surface area contributed by atoms with Gasteiger partial charge in [-0.3, -0.25) is 4.79 Å². The van der Waals surface area contributed by atoms with E-state index in [1.54, 1.807) is 53.3 Å². The molecule has 0 aliphatic rings. The molecule has 1 N–H and O–H groups in total. The van der Waals surface area contributed by atoms with Crippen LogP contribution in [0.25, 0.3) is 5.65 Å². The van der Waals surface area contributed by atoms with Gasteiger partial charge in [-0.15, -0.1) is 0 Å². The predicted molar refractivity (Wildman–Crippen MR) is 110 cm³/mol. The topological polar surface area (TPSA) is 77.8 Å². The van der Waals surface area contributed by atoms with Gasteiger partial charge in [0.1, 0.15) is 12.4 Å². The number of ether oxygens (including phenoxy) is 2. The fraction of sp³-hybridized carbons (Fsp3) is 0.0952. The number of hydrogen-bond acceptors (Lipinski definition) is 5. The molecule has 1 amide bonds. The number of fused-ring (bicyclic) bond motifs is 1. The lowest BCUT2D eigenvalue weighted by Crippen LogP contribution is -2.15. The highest BCUT2D eigenvalue weighted by Crippen LogP contribution is 2.30. The lowest BCUT2D eigenvalue weighted by molar-refractivity contribution is 0.102. The number of anilines is 1. The van der Waals surface area contributed by atoms with Gasteiger partial charge in [-0.25, -0.2) is 4.98 Å². The molecule has 29 heavy (non-hydrogen) atoms. The fourth-order valence-corrected chi connectivity index (χ4v) is 3.01. The van der Waals surface area contributed by atoms with Gasteiger partial charge in [0.05, 0.1) is 13.3 Å². The highest BCUT2D eigenvalue weighted by molar-refractivity contribution is 6.31. The molecule has 2 heterocycles. The monoisotopic (exact) mass is 408 g/mol. The van der Waals surface area contributed by atoms with E-state index in [9.17, 15) is 4.79 Å². The molecule has 0 fully saturated rings. The number of carbonyl (C=O) groups excluding carboxylic acids is 1. The van der Waals surface area contributed by atoms with Crippen LogP contribution >= 0.6 is 11.6 Å². The van der Waals surface area contributed by atoms with Crippen LogP contribution in [0.15, 0.2) is 67.0 Å². The van der Waals surface area contributed by atoms with Crippen molar-refractivity contribution in [1.29, 1.82) is 0 Å². The number of nitrogens with zero attached hydrogens (tertiary/aromatic N) is 3. The van der Waals surface area contributed by atoms with Crippen molar-refractivity contribution in [3.63, 3.8) is 0 Å². The number of halogens is 1. The van der Waals surface area contributed by atoms with Gasteiger partial charge in [-0.05, 0) is 30.3 Å². The largest absolute Gasteiger partial charge is 0.493 e. The van der Waals surface area contributed by atoms with E-state index in [1.807, 2.05) is 18.2 Å². The highest BCUT2D eigenvalue weighted by Gasteiger charge is 2.14. The second kappa shape index (κ2) is 8.20. The van der Waals surface area contributed by atoms with Crippen LogP contribution in [0.5, 0.6) is 11.5 Å². The Labute approximate surface area is 171 Å². The molecule has 4 aromatic rings. The van der Waals surface area contributed by atoms with E-state index in [2.05, 4.69) is 15.4 Å². The van der Waals surface area contributed by atoms with Crippen LogP contribution in [0.1, 0.15) is 15.9 Å². The van der Waals surface area contributed by atoms with Crippen molar-refractivity contribution < 1.29 is 14.3 Å². The minimum atomic E-state index is -0.302. The number of aromatic nitrogens is 3. The molecule has 0 aliphatic heterocycles. The fourth-order valence-electron chi connectivity index (χ4n) is 2.82. The average Bonchev–Trinajstić information content (AvgIpc) is 3.23. The number of methoxy groups -OCH3 is 1. The van der Waals surface area contributed by atoms with Crippen molar-refractivity contribution in [2.75, 3.05) is 12.4 Å².